The maximum atomic E-state index is 12.3. The molecule has 1 atom stereocenters. The number of carbonyl (C=O) groups is 1. The summed E-state index contributed by atoms with van der Waals surface area (Å²) >= 11 is 3.33. The minimum absolute atomic E-state index is 0.0683. The minimum atomic E-state index is 0.0683. The smallest absolute Gasteiger partial charge is 0.255 e. The van der Waals surface area contributed by atoms with Gasteiger partial charge in [-0.25, -0.2) is 0 Å². The van der Waals surface area contributed by atoms with Gasteiger partial charge < -0.3 is 9.80 Å². The Kier molecular flexibility index (Phi) is 3.79. The van der Waals surface area contributed by atoms with Gasteiger partial charge in [-0.05, 0) is 36.0 Å². The second kappa shape index (κ2) is 5.14. The summed E-state index contributed by atoms with van der Waals surface area (Å²) in [5.41, 5.74) is 0.649. The van der Waals surface area contributed by atoms with E-state index in [9.17, 15) is 4.79 Å². The number of pyridine rings is 1. The molecule has 1 unspecified atom stereocenters. The zero-order chi connectivity index (χ0) is 12.4. The van der Waals surface area contributed by atoms with E-state index in [-0.39, 0.29) is 5.91 Å². The van der Waals surface area contributed by atoms with Crippen LogP contribution in [0.5, 0.6) is 0 Å². The Hall–Kier alpha value is -0.940. The summed E-state index contributed by atoms with van der Waals surface area (Å²) in [4.78, 5) is 20.4. The van der Waals surface area contributed by atoms with Gasteiger partial charge in [-0.3, -0.25) is 9.78 Å². The number of amides is 1. The predicted octanol–water partition coefficient (Wildman–Crippen LogP) is 1.62. The number of nitrogens with zero attached hydrogens (tertiary/aromatic N) is 3. The average Bonchev–Trinajstić information content (AvgIpc) is 2.32. The van der Waals surface area contributed by atoms with Gasteiger partial charge in [0.15, 0.2) is 0 Å². The van der Waals surface area contributed by atoms with Crippen LogP contribution in [0.15, 0.2) is 22.9 Å². The third-order valence-corrected chi connectivity index (χ3v) is 3.63. The lowest BCUT2D eigenvalue weighted by atomic mass is 10.1. The number of carbonyl (C=O) groups excluding carboxylic acids is 1. The number of hydrogen-bond acceptors (Lipinski definition) is 3. The highest BCUT2D eigenvalue weighted by Gasteiger charge is 2.25. The molecule has 1 aromatic heterocycles. The summed E-state index contributed by atoms with van der Waals surface area (Å²) in [6.07, 6.45) is 3.31. The van der Waals surface area contributed by atoms with Gasteiger partial charge in [-0.15, -0.1) is 0 Å². The van der Waals surface area contributed by atoms with Crippen molar-refractivity contribution in [1.82, 2.24) is 14.8 Å². The predicted molar refractivity (Wildman–Crippen MR) is 69.9 cm³/mol. The Morgan fingerprint density at radius 3 is 2.88 bits per heavy atom. The number of hydrogen-bond donors (Lipinski definition) is 0. The highest BCUT2D eigenvalue weighted by molar-refractivity contribution is 9.10. The summed E-state index contributed by atoms with van der Waals surface area (Å²) in [7, 11) is 2.09. The Balaban J connectivity index is 2.10. The maximum absolute atomic E-state index is 12.3. The number of halogens is 1. The molecule has 1 aliphatic rings. The van der Waals surface area contributed by atoms with E-state index in [1.165, 1.54) is 0 Å². The van der Waals surface area contributed by atoms with Crippen LogP contribution in [-0.2, 0) is 0 Å². The molecule has 4 nitrogen and oxygen atoms in total. The number of likely N-dealkylation sites (N-methyl/N-ethyl adjacent to an activating group) is 1. The lowest BCUT2D eigenvalue weighted by molar-refractivity contribution is 0.0572. The third-order valence-electron chi connectivity index (χ3n) is 3.20. The van der Waals surface area contributed by atoms with Crippen molar-refractivity contribution in [1.29, 1.82) is 0 Å². The Morgan fingerprint density at radius 1 is 1.47 bits per heavy atom. The van der Waals surface area contributed by atoms with Crippen molar-refractivity contribution in [3.63, 3.8) is 0 Å². The quantitative estimate of drug-likeness (QED) is 0.790. The van der Waals surface area contributed by atoms with E-state index in [0.29, 0.717) is 11.6 Å². The molecule has 1 fully saturated rings. The minimum Gasteiger partial charge on any atom is -0.336 e. The molecular weight excluding hydrogens is 282 g/mol. The Bertz CT molecular complexity index is 424. The molecule has 1 amide bonds. The first-order valence-corrected chi connectivity index (χ1v) is 6.47. The third kappa shape index (κ3) is 2.84. The Morgan fingerprint density at radius 2 is 2.24 bits per heavy atom. The van der Waals surface area contributed by atoms with Gasteiger partial charge in [0, 0.05) is 42.5 Å². The zero-order valence-electron chi connectivity index (χ0n) is 10.1. The number of piperazine rings is 1. The summed E-state index contributed by atoms with van der Waals surface area (Å²) in [5.74, 6) is 0.0683. The van der Waals surface area contributed by atoms with Crippen molar-refractivity contribution in [3.05, 3.63) is 28.5 Å². The van der Waals surface area contributed by atoms with Crippen LogP contribution in [0.4, 0.5) is 0 Å². The SMILES string of the molecule is CC1CN(C(=O)c2cncc(Br)c2)CCN1C. The number of aromatic nitrogens is 1. The van der Waals surface area contributed by atoms with Gasteiger partial charge in [0.1, 0.15) is 0 Å². The molecular formula is C12H16BrN3O. The highest BCUT2D eigenvalue weighted by Crippen LogP contribution is 2.14. The van der Waals surface area contributed by atoms with Gasteiger partial charge in [-0.1, -0.05) is 0 Å². The zero-order valence-corrected chi connectivity index (χ0v) is 11.6. The normalized spacial score (nSPS) is 21.6. The molecule has 0 aliphatic carbocycles. The van der Waals surface area contributed by atoms with E-state index >= 15 is 0 Å². The van der Waals surface area contributed by atoms with Crippen LogP contribution in [0.25, 0.3) is 0 Å². The molecule has 0 saturated carbocycles. The van der Waals surface area contributed by atoms with E-state index < -0.39 is 0 Å². The van der Waals surface area contributed by atoms with Crippen LogP contribution in [0.1, 0.15) is 17.3 Å². The van der Waals surface area contributed by atoms with Crippen LogP contribution in [-0.4, -0.2) is 53.4 Å². The molecule has 0 radical (unpaired) electrons. The molecule has 92 valence electrons. The first-order valence-electron chi connectivity index (χ1n) is 5.68. The molecule has 0 aromatic carbocycles. The van der Waals surface area contributed by atoms with Crippen molar-refractivity contribution < 1.29 is 4.79 Å². The van der Waals surface area contributed by atoms with Crippen molar-refractivity contribution in [2.75, 3.05) is 26.7 Å². The summed E-state index contributed by atoms with van der Waals surface area (Å²) in [6, 6.07) is 2.23. The summed E-state index contributed by atoms with van der Waals surface area (Å²) in [5, 5.41) is 0. The van der Waals surface area contributed by atoms with E-state index in [2.05, 4.69) is 39.8 Å². The Labute approximate surface area is 110 Å². The standard InChI is InChI=1S/C12H16BrN3O/c1-9-8-16(4-3-15(9)2)12(17)10-5-11(13)7-14-6-10/h5-7,9H,3-4,8H2,1-2H3. The molecule has 0 bridgehead atoms. The van der Waals surface area contributed by atoms with Crippen LogP contribution in [0, 0.1) is 0 Å². The van der Waals surface area contributed by atoms with E-state index in [0.717, 1.165) is 24.1 Å². The topological polar surface area (TPSA) is 36.4 Å². The van der Waals surface area contributed by atoms with Crippen LogP contribution in [0.3, 0.4) is 0 Å². The second-order valence-corrected chi connectivity index (χ2v) is 5.39. The fourth-order valence-corrected chi connectivity index (χ4v) is 2.31. The molecule has 1 aromatic rings. The van der Waals surface area contributed by atoms with Crippen molar-refractivity contribution >= 4 is 21.8 Å². The lowest BCUT2D eigenvalue weighted by Gasteiger charge is -2.37. The first-order chi connectivity index (χ1) is 8.08. The van der Waals surface area contributed by atoms with Crippen molar-refractivity contribution in [2.45, 2.75) is 13.0 Å². The molecule has 17 heavy (non-hydrogen) atoms. The van der Waals surface area contributed by atoms with Gasteiger partial charge in [-0.2, -0.15) is 0 Å². The fraction of sp³-hybridized carbons (Fsp3) is 0.500. The van der Waals surface area contributed by atoms with E-state index in [4.69, 9.17) is 0 Å². The van der Waals surface area contributed by atoms with Gasteiger partial charge >= 0.3 is 0 Å². The summed E-state index contributed by atoms with van der Waals surface area (Å²) < 4.78 is 0.838. The molecule has 2 rings (SSSR count). The molecule has 1 saturated heterocycles. The monoisotopic (exact) mass is 297 g/mol. The van der Waals surface area contributed by atoms with Crippen LogP contribution < -0.4 is 0 Å². The second-order valence-electron chi connectivity index (χ2n) is 4.47. The van der Waals surface area contributed by atoms with E-state index in [1.807, 2.05) is 11.0 Å². The molecule has 0 N–H and O–H groups in total. The van der Waals surface area contributed by atoms with Crippen molar-refractivity contribution in [2.24, 2.45) is 0 Å². The molecule has 2 heterocycles. The van der Waals surface area contributed by atoms with Gasteiger partial charge in [0.25, 0.3) is 5.91 Å². The van der Waals surface area contributed by atoms with Gasteiger partial charge in [0.2, 0.25) is 0 Å². The molecule has 0 spiro atoms. The first kappa shape index (κ1) is 12.5. The largest absolute Gasteiger partial charge is 0.336 e. The van der Waals surface area contributed by atoms with Gasteiger partial charge in [0.05, 0.1) is 5.56 Å². The van der Waals surface area contributed by atoms with Crippen molar-refractivity contribution in [3.8, 4) is 0 Å². The van der Waals surface area contributed by atoms with E-state index in [1.54, 1.807) is 12.4 Å². The molecule has 5 heteroatoms. The number of rotatable bonds is 1. The maximum Gasteiger partial charge on any atom is 0.255 e. The van der Waals surface area contributed by atoms with Crippen LogP contribution >= 0.6 is 15.9 Å². The highest BCUT2D eigenvalue weighted by atomic mass is 79.9. The van der Waals surface area contributed by atoms with Crippen LogP contribution in [0.2, 0.25) is 0 Å². The molecule has 1 aliphatic heterocycles. The average molecular weight is 298 g/mol. The fourth-order valence-electron chi connectivity index (χ4n) is 1.94. The lowest BCUT2D eigenvalue weighted by Crippen LogP contribution is -2.52. The summed E-state index contributed by atoms with van der Waals surface area (Å²) in [6.45, 7) is 4.63.